The van der Waals surface area contributed by atoms with E-state index in [9.17, 15) is 13.2 Å². The van der Waals surface area contributed by atoms with Crippen molar-refractivity contribution in [3.8, 4) is 17.2 Å². The standard InChI is InChI=1S/C29H26N2O6S/c1-21-8-15-26(16-9-21)38(33,34)37-27-17-10-23(18-28(27)35-2)19-30-31-29(32)24-11-13-25(14-12-24)36-20-22-6-4-3-5-7-22/h3-19H,20H2,1-2H3,(H,31,32)/b30-19-. The Morgan fingerprint density at radius 2 is 1.61 bits per heavy atom. The molecule has 4 aromatic carbocycles. The van der Waals surface area contributed by atoms with Gasteiger partial charge >= 0.3 is 10.1 Å². The van der Waals surface area contributed by atoms with Gasteiger partial charge in [-0.3, -0.25) is 4.79 Å². The van der Waals surface area contributed by atoms with Gasteiger partial charge in [0.2, 0.25) is 0 Å². The van der Waals surface area contributed by atoms with Gasteiger partial charge in [0.25, 0.3) is 5.91 Å². The summed E-state index contributed by atoms with van der Waals surface area (Å²) in [6.07, 6.45) is 1.41. The highest BCUT2D eigenvalue weighted by Crippen LogP contribution is 2.30. The minimum absolute atomic E-state index is 0.0313. The average molecular weight is 531 g/mol. The number of benzene rings is 4. The molecule has 0 heterocycles. The maximum absolute atomic E-state index is 12.6. The lowest BCUT2D eigenvalue weighted by molar-refractivity contribution is 0.0955. The first kappa shape index (κ1) is 26.4. The Hall–Kier alpha value is -4.63. The molecule has 1 amide bonds. The summed E-state index contributed by atoms with van der Waals surface area (Å²) in [5, 5.41) is 3.98. The first-order valence-corrected chi connectivity index (χ1v) is 13.0. The van der Waals surface area contributed by atoms with Crippen LogP contribution < -0.4 is 19.1 Å². The molecule has 4 rings (SSSR count). The highest BCUT2D eigenvalue weighted by Gasteiger charge is 2.19. The Bertz CT molecular complexity index is 1520. The quantitative estimate of drug-likeness (QED) is 0.174. The van der Waals surface area contributed by atoms with E-state index in [1.807, 2.05) is 37.3 Å². The van der Waals surface area contributed by atoms with Crippen molar-refractivity contribution in [2.45, 2.75) is 18.4 Å². The van der Waals surface area contributed by atoms with E-state index in [1.54, 1.807) is 48.5 Å². The molecule has 4 aromatic rings. The molecule has 0 fully saturated rings. The van der Waals surface area contributed by atoms with E-state index in [0.29, 0.717) is 23.5 Å². The summed E-state index contributed by atoms with van der Waals surface area (Å²) in [5.74, 6) is 0.477. The van der Waals surface area contributed by atoms with E-state index < -0.39 is 16.0 Å². The highest BCUT2D eigenvalue weighted by molar-refractivity contribution is 7.87. The third-order valence-corrected chi connectivity index (χ3v) is 6.69. The summed E-state index contributed by atoms with van der Waals surface area (Å²) in [7, 11) is -2.64. The number of amides is 1. The highest BCUT2D eigenvalue weighted by atomic mass is 32.2. The lowest BCUT2D eigenvalue weighted by atomic mass is 10.2. The molecule has 0 bridgehead atoms. The summed E-state index contributed by atoms with van der Waals surface area (Å²) in [6.45, 7) is 2.30. The second-order valence-corrected chi connectivity index (χ2v) is 9.80. The van der Waals surface area contributed by atoms with Gasteiger partial charge in [-0.2, -0.15) is 13.5 Å². The van der Waals surface area contributed by atoms with E-state index >= 15 is 0 Å². The first-order chi connectivity index (χ1) is 18.3. The molecule has 0 aliphatic carbocycles. The predicted octanol–water partition coefficient (Wildman–Crippen LogP) is 5.11. The molecule has 38 heavy (non-hydrogen) atoms. The predicted molar refractivity (Wildman–Crippen MR) is 144 cm³/mol. The number of nitrogens with one attached hydrogen (secondary N) is 1. The van der Waals surface area contributed by atoms with E-state index in [-0.39, 0.29) is 16.4 Å². The van der Waals surface area contributed by atoms with Crippen LogP contribution in [0.5, 0.6) is 17.2 Å². The van der Waals surface area contributed by atoms with Crippen molar-refractivity contribution >= 4 is 22.2 Å². The second kappa shape index (κ2) is 12.1. The van der Waals surface area contributed by atoms with Gasteiger partial charge in [-0.15, -0.1) is 0 Å². The topological polar surface area (TPSA) is 103 Å². The number of hydrogen-bond acceptors (Lipinski definition) is 7. The van der Waals surface area contributed by atoms with Crippen molar-refractivity contribution in [1.29, 1.82) is 0 Å². The smallest absolute Gasteiger partial charge is 0.339 e. The van der Waals surface area contributed by atoms with Gasteiger partial charge in [0.1, 0.15) is 17.3 Å². The summed E-state index contributed by atoms with van der Waals surface area (Å²) >= 11 is 0. The van der Waals surface area contributed by atoms with Crippen LogP contribution >= 0.6 is 0 Å². The van der Waals surface area contributed by atoms with Gasteiger partial charge in [-0.25, -0.2) is 5.43 Å². The number of rotatable bonds is 10. The largest absolute Gasteiger partial charge is 0.493 e. The molecule has 0 radical (unpaired) electrons. The van der Waals surface area contributed by atoms with E-state index in [2.05, 4.69) is 10.5 Å². The maximum Gasteiger partial charge on any atom is 0.339 e. The van der Waals surface area contributed by atoms with E-state index in [1.165, 1.54) is 31.5 Å². The van der Waals surface area contributed by atoms with Crippen molar-refractivity contribution in [1.82, 2.24) is 5.43 Å². The van der Waals surface area contributed by atoms with Gasteiger partial charge in [-0.1, -0.05) is 48.0 Å². The van der Waals surface area contributed by atoms with Crippen molar-refractivity contribution in [3.63, 3.8) is 0 Å². The van der Waals surface area contributed by atoms with E-state index in [4.69, 9.17) is 13.7 Å². The Kier molecular flexibility index (Phi) is 8.40. The number of nitrogens with zero attached hydrogens (tertiary/aromatic N) is 1. The minimum atomic E-state index is -4.04. The molecule has 0 atom stereocenters. The molecule has 9 heteroatoms. The normalized spacial score (nSPS) is 11.2. The first-order valence-electron chi connectivity index (χ1n) is 11.6. The zero-order chi connectivity index (χ0) is 27.0. The Morgan fingerprint density at radius 3 is 2.29 bits per heavy atom. The molecule has 1 N–H and O–H groups in total. The zero-order valence-electron chi connectivity index (χ0n) is 20.8. The maximum atomic E-state index is 12.6. The number of methoxy groups -OCH3 is 1. The van der Waals surface area contributed by atoms with Crippen LogP contribution in [0.3, 0.4) is 0 Å². The summed E-state index contributed by atoms with van der Waals surface area (Å²) < 4.78 is 41.5. The van der Waals surface area contributed by atoms with Crippen molar-refractivity contribution < 1.29 is 26.9 Å². The van der Waals surface area contributed by atoms with Crippen molar-refractivity contribution in [2.75, 3.05) is 7.11 Å². The number of carbonyl (C=O) groups excluding carboxylic acids is 1. The van der Waals surface area contributed by atoms with Gasteiger partial charge in [0.05, 0.1) is 13.3 Å². The van der Waals surface area contributed by atoms with Crippen LogP contribution in [0.1, 0.15) is 27.0 Å². The van der Waals surface area contributed by atoms with Crippen molar-refractivity contribution in [2.24, 2.45) is 5.10 Å². The molecule has 0 unspecified atom stereocenters. The summed E-state index contributed by atoms with van der Waals surface area (Å²) in [6, 6.07) is 27.5. The number of aryl methyl sites for hydroxylation is 1. The number of hydrazone groups is 1. The molecule has 8 nitrogen and oxygen atoms in total. The molecule has 0 aromatic heterocycles. The third-order valence-electron chi connectivity index (χ3n) is 5.44. The van der Waals surface area contributed by atoms with Crippen LogP contribution in [0.25, 0.3) is 0 Å². The molecular weight excluding hydrogens is 504 g/mol. The summed E-state index contributed by atoms with van der Waals surface area (Å²) in [5.41, 5.74) is 5.42. The number of carbonyl (C=O) groups is 1. The lowest BCUT2D eigenvalue weighted by Crippen LogP contribution is -2.17. The summed E-state index contributed by atoms with van der Waals surface area (Å²) in [4.78, 5) is 12.5. The molecule has 0 aliphatic heterocycles. The van der Waals surface area contributed by atoms with Crippen LogP contribution in [0, 0.1) is 6.92 Å². The van der Waals surface area contributed by atoms with Crippen LogP contribution in [-0.2, 0) is 16.7 Å². The average Bonchev–Trinajstić information content (AvgIpc) is 2.93. The van der Waals surface area contributed by atoms with Crippen LogP contribution in [-0.4, -0.2) is 27.6 Å². The zero-order valence-corrected chi connectivity index (χ0v) is 21.6. The van der Waals surface area contributed by atoms with Gasteiger partial charge in [0, 0.05) is 5.56 Å². The fraction of sp³-hybridized carbons (Fsp3) is 0.103. The van der Waals surface area contributed by atoms with Crippen LogP contribution in [0.2, 0.25) is 0 Å². The molecule has 0 saturated heterocycles. The van der Waals surface area contributed by atoms with E-state index in [0.717, 1.165) is 11.1 Å². The third kappa shape index (κ3) is 6.98. The van der Waals surface area contributed by atoms with Gasteiger partial charge in [-0.05, 0) is 72.6 Å². The lowest BCUT2D eigenvalue weighted by Gasteiger charge is -2.11. The molecule has 0 spiro atoms. The molecule has 0 aliphatic rings. The number of hydrogen-bond donors (Lipinski definition) is 1. The van der Waals surface area contributed by atoms with Gasteiger partial charge in [0.15, 0.2) is 11.5 Å². The van der Waals surface area contributed by atoms with Crippen molar-refractivity contribution in [3.05, 3.63) is 119 Å². The second-order valence-electron chi connectivity index (χ2n) is 8.26. The Labute approximate surface area is 221 Å². The number of ether oxygens (including phenoxy) is 2. The van der Waals surface area contributed by atoms with Crippen LogP contribution in [0.4, 0.5) is 0 Å². The SMILES string of the molecule is COc1cc(/C=N\NC(=O)c2ccc(OCc3ccccc3)cc2)ccc1OS(=O)(=O)c1ccc(C)cc1. The Balaban J connectivity index is 1.35. The minimum Gasteiger partial charge on any atom is -0.493 e. The van der Waals surface area contributed by atoms with Gasteiger partial charge < -0.3 is 13.7 Å². The monoisotopic (exact) mass is 530 g/mol. The fourth-order valence-electron chi connectivity index (χ4n) is 3.38. The fourth-order valence-corrected chi connectivity index (χ4v) is 4.32. The molecule has 194 valence electrons. The van der Waals surface area contributed by atoms with Crippen LogP contribution in [0.15, 0.2) is 107 Å². The molecular formula is C29H26N2O6S. The molecule has 0 saturated carbocycles. The Morgan fingerprint density at radius 1 is 0.895 bits per heavy atom.